The first-order chi connectivity index (χ1) is 7.52. The number of aryl methyl sites for hydroxylation is 2. The van der Waals surface area contributed by atoms with Crippen LogP contribution >= 0.6 is 22.9 Å². The first kappa shape index (κ1) is 11.8. The van der Waals surface area contributed by atoms with Crippen molar-refractivity contribution < 1.29 is 0 Å². The SMILES string of the molecule is Cc1sc2ncnc(C(C)C(C)Cl)c2c1C. The third-order valence-electron chi connectivity index (χ3n) is 3.11. The van der Waals surface area contributed by atoms with Crippen molar-refractivity contribution in [3.63, 3.8) is 0 Å². The van der Waals surface area contributed by atoms with Crippen molar-refractivity contribution in [3.05, 3.63) is 22.5 Å². The van der Waals surface area contributed by atoms with E-state index in [0.717, 1.165) is 10.5 Å². The highest BCUT2D eigenvalue weighted by Crippen LogP contribution is 2.34. The minimum absolute atomic E-state index is 0.0812. The van der Waals surface area contributed by atoms with Gasteiger partial charge in [0, 0.05) is 21.6 Å². The average molecular weight is 255 g/mol. The molecule has 86 valence electrons. The first-order valence-corrected chi connectivity index (χ1v) is 6.62. The summed E-state index contributed by atoms with van der Waals surface area (Å²) < 4.78 is 0. The molecule has 2 unspecified atom stereocenters. The molecule has 0 aliphatic heterocycles. The number of hydrogen-bond acceptors (Lipinski definition) is 3. The molecule has 2 heterocycles. The van der Waals surface area contributed by atoms with E-state index in [1.165, 1.54) is 15.8 Å². The highest BCUT2D eigenvalue weighted by Gasteiger charge is 2.19. The minimum Gasteiger partial charge on any atom is -0.240 e. The number of hydrogen-bond donors (Lipinski definition) is 0. The number of fused-ring (bicyclic) bond motifs is 1. The summed E-state index contributed by atoms with van der Waals surface area (Å²) >= 11 is 7.89. The molecule has 0 radical (unpaired) electrons. The van der Waals surface area contributed by atoms with Crippen molar-refractivity contribution in [2.45, 2.75) is 39.0 Å². The van der Waals surface area contributed by atoms with Gasteiger partial charge in [-0.2, -0.15) is 0 Å². The fourth-order valence-electron chi connectivity index (χ4n) is 1.77. The normalized spacial score (nSPS) is 15.3. The number of aromatic nitrogens is 2. The van der Waals surface area contributed by atoms with E-state index < -0.39 is 0 Å². The Morgan fingerprint density at radius 3 is 2.56 bits per heavy atom. The third-order valence-corrected chi connectivity index (χ3v) is 4.61. The van der Waals surface area contributed by atoms with Gasteiger partial charge < -0.3 is 0 Å². The second-order valence-electron chi connectivity index (χ2n) is 4.19. The molecule has 2 rings (SSSR count). The molecule has 0 amide bonds. The molecule has 16 heavy (non-hydrogen) atoms. The van der Waals surface area contributed by atoms with E-state index in [2.05, 4.69) is 30.7 Å². The van der Waals surface area contributed by atoms with Gasteiger partial charge in [-0.15, -0.1) is 22.9 Å². The second-order valence-corrected chi connectivity index (χ2v) is 6.08. The van der Waals surface area contributed by atoms with E-state index >= 15 is 0 Å². The van der Waals surface area contributed by atoms with Crippen molar-refractivity contribution in [2.24, 2.45) is 0 Å². The summed E-state index contributed by atoms with van der Waals surface area (Å²) in [5.41, 5.74) is 2.37. The number of rotatable bonds is 2. The summed E-state index contributed by atoms with van der Waals surface area (Å²) in [7, 11) is 0. The van der Waals surface area contributed by atoms with Crippen molar-refractivity contribution >= 4 is 33.2 Å². The Hall–Kier alpha value is -0.670. The van der Waals surface area contributed by atoms with Crippen LogP contribution in [0.3, 0.4) is 0 Å². The molecule has 2 aromatic heterocycles. The Labute approximate surface area is 105 Å². The molecular formula is C12H15ClN2S. The van der Waals surface area contributed by atoms with Crippen LogP contribution in [0.25, 0.3) is 10.2 Å². The monoisotopic (exact) mass is 254 g/mol. The summed E-state index contributed by atoms with van der Waals surface area (Å²) in [6, 6.07) is 0. The Balaban J connectivity index is 2.70. The van der Waals surface area contributed by atoms with Crippen molar-refractivity contribution in [2.75, 3.05) is 0 Å². The third kappa shape index (κ3) is 1.82. The lowest BCUT2D eigenvalue weighted by Gasteiger charge is -2.14. The van der Waals surface area contributed by atoms with Gasteiger partial charge in [-0.1, -0.05) is 6.92 Å². The summed E-state index contributed by atoms with van der Waals surface area (Å²) in [5.74, 6) is 0.250. The number of nitrogens with zero attached hydrogens (tertiary/aromatic N) is 2. The van der Waals surface area contributed by atoms with Crippen molar-refractivity contribution in [1.82, 2.24) is 9.97 Å². The molecule has 0 N–H and O–H groups in total. The average Bonchev–Trinajstić information content (AvgIpc) is 2.54. The van der Waals surface area contributed by atoms with Crippen LogP contribution in [0, 0.1) is 13.8 Å². The maximum atomic E-state index is 6.17. The van der Waals surface area contributed by atoms with E-state index in [9.17, 15) is 0 Å². The van der Waals surface area contributed by atoms with Crippen molar-refractivity contribution in [3.8, 4) is 0 Å². The molecular weight excluding hydrogens is 240 g/mol. The van der Waals surface area contributed by atoms with Crippen LogP contribution in [-0.2, 0) is 0 Å². The summed E-state index contributed by atoms with van der Waals surface area (Å²) in [5, 5.41) is 1.28. The highest BCUT2D eigenvalue weighted by atomic mass is 35.5. The van der Waals surface area contributed by atoms with E-state index in [1.807, 2.05) is 6.92 Å². The maximum Gasteiger partial charge on any atom is 0.127 e. The van der Waals surface area contributed by atoms with Gasteiger partial charge in [0.1, 0.15) is 11.2 Å². The van der Waals surface area contributed by atoms with Crippen LogP contribution in [0.4, 0.5) is 0 Å². The molecule has 2 atom stereocenters. The fraction of sp³-hybridized carbons (Fsp3) is 0.500. The molecule has 4 heteroatoms. The molecule has 2 nitrogen and oxygen atoms in total. The van der Waals surface area contributed by atoms with Crippen LogP contribution in [0.5, 0.6) is 0 Å². The first-order valence-electron chi connectivity index (χ1n) is 5.37. The van der Waals surface area contributed by atoms with Crippen LogP contribution in [-0.4, -0.2) is 15.3 Å². The predicted octanol–water partition coefficient (Wildman–Crippen LogP) is 4.04. The molecule has 0 aromatic carbocycles. The van der Waals surface area contributed by atoms with Gasteiger partial charge >= 0.3 is 0 Å². The van der Waals surface area contributed by atoms with Gasteiger partial charge in [-0.25, -0.2) is 9.97 Å². The van der Waals surface area contributed by atoms with Gasteiger partial charge in [-0.05, 0) is 26.3 Å². The lowest BCUT2D eigenvalue weighted by Crippen LogP contribution is -2.08. The number of thiophene rings is 1. The standard InChI is InChI=1S/C12H15ClN2S/c1-6(8(3)13)11-10-7(2)9(4)16-12(10)15-5-14-11/h5-6,8H,1-4H3. The Bertz CT molecular complexity index is 519. The quantitative estimate of drug-likeness (QED) is 0.756. The van der Waals surface area contributed by atoms with E-state index in [4.69, 9.17) is 11.6 Å². The summed E-state index contributed by atoms with van der Waals surface area (Å²) in [6.45, 7) is 8.38. The lowest BCUT2D eigenvalue weighted by atomic mass is 10.00. The molecule has 0 aliphatic carbocycles. The van der Waals surface area contributed by atoms with Gasteiger partial charge in [0.2, 0.25) is 0 Å². The lowest BCUT2D eigenvalue weighted by molar-refractivity contribution is 0.721. The van der Waals surface area contributed by atoms with Gasteiger partial charge in [0.05, 0.1) is 5.69 Å². The molecule has 0 aliphatic rings. The number of alkyl halides is 1. The van der Waals surface area contributed by atoms with E-state index in [1.54, 1.807) is 17.7 Å². The van der Waals surface area contributed by atoms with Gasteiger partial charge in [0.25, 0.3) is 0 Å². The van der Waals surface area contributed by atoms with Gasteiger partial charge in [-0.3, -0.25) is 0 Å². The summed E-state index contributed by atoms with van der Waals surface area (Å²) in [6.07, 6.45) is 1.64. The Morgan fingerprint density at radius 2 is 1.94 bits per heavy atom. The van der Waals surface area contributed by atoms with Crippen LogP contribution < -0.4 is 0 Å². The topological polar surface area (TPSA) is 25.8 Å². The highest BCUT2D eigenvalue weighted by molar-refractivity contribution is 7.18. The second kappa shape index (κ2) is 4.30. The Morgan fingerprint density at radius 1 is 1.25 bits per heavy atom. The zero-order valence-corrected chi connectivity index (χ0v) is 11.5. The zero-order valence-electron chi connectivity index (χ0n) is 9.91. The van der Waals surface area contributed by atoms with Crippen LogP contribution in [0.1, 0.15) is 35.9 Å². The Kier molecular flexibility index (Phi) is 3.17. The predicted molar refractivity (Wildman–Crippen MR) is 70.6 cm³/mol. The van der Waals surface area contributed by atoms with E-state index in [0.29, 0.717) is 0 Å². The van der Waals surface area contributed by atoms with Crippen molar-refractivity contribution in [1.29, 1.82) is 0 Å². The van der Waals surface area contributed by atoms with Crippen LogP contribution in [0.2, 0.25) is 0 Å². The maximum absolute atomic E-state index is 6.17. The fourth-order valence-corrected chi connectivity index (χ4v) is 2.90. The van der Waals surface area contributed by atoms with Gasteiger partial charge in [0.15, 0.2) is 0 Å². The smallest absolute Gasteiger partial charge is 0.127 e. The molecule has 0 saturated heterocycles. The zero-order chi connectivity index (χ0) is 11.9. The minimum atomic E-state index is 0.0812. The van der Waals surface area contributed by atoms with Crippen LogP contribution in [0.15, 0.2) is 6.33 Å². The molecule has 2 aromatic rings. The molecule has 0 bridgehead atoms. The number of halogens is 1. The van der Waals surface area contributed by atoms with E-state index in [-0.39, 0.29) is 11.3 Å². The molecule has 0 fully saturated rings. The molecule has 0 saturated carbocycles. The summed E-state index contributed by atoms with van der Waals surface area (Å²) in [4.78, 5) is 11.1. The molecule has 0 spiro atoms. The largest absolute Gasteiger partial charge is 0.240 e.